The van der Waals surface area contributed by atoms with Gasteiger partial charge in [-0.25, -0.2) is 4.79 Å². The molecule has 0 N–H and O–H groups in total. The third-order valence-electron chi connectivity index (χ3n) is 2.35. The summed E-state index contributed by atoms with van der Waals surface area (Å²) in [6.07, 6.45) is 0. The van der Waals surface area contributed by atoms with E-state index in [1.165, 1.54) is 0 Å². The van der Waals surface area contributed by atoms with Gasteiger partial charge in [-0.3, -0.25) is 4.79 Å². The molecule has 1 rings (SSSR count). The maximum atomic E-state index is 11.7. The second-order valence-electron chi connectivity index (χ2n) is 3.94. The summed E-state index contributed by atoms with van der Waals surface area (Å²) in [6.45, 7) is 6.00. The van der Waals surface area contributed by atoms with E-state index in [1.54, 1.807) is 19.1 Å². The molecule has 0 bridgehead atoms. The fourth-order valence-electron chi connectivity index (χ4n) is 1.45. The highest BCUT2D eigenvalue weighted by Gasteiger charge is 2.18. The average molecular weight is 299 g/mol. The minimum Gasteiger partial charge on any atom is -0.460 e. The largest absolute Gasteiger partial charge is 0.460 e. The number of hydrogen-bond acceptors (Lipinski definition) is 3. The monoisotopic (exact) mass is 298 g/mol. The zero-order valence-electron chi connectivity index (χ0n) is 10.1. The van der Waals surface area contributed by atoms with Crippen molar-refractivity contribution in [2.75, 3.05) is 6.61 Å². The molecule has 0 spiro atoms. The molecule has 17 heavy (non-hydrogen) atoms. The molecular formula is C13H15BrO3. The summed E-state index contributed by atoms with van der Waals surface area (Å²) in [5.41, 5.74) is 1.45. The Morgan fingerprint density at radius 2 is 2.00 bits per heavy atom. The van der Waals surface area contributed by atoms with E-state index in [0.29, 0.717) is 11.5 Å². The van der Waals surface area contributed by atoms with E-state index in [2.05, 4.69) is 34.5 Å². The van der Waals surface area contributed by atoms with Crippen LogP contribution in [0.25, 0.3) is 0 Å². The maximum Gasteiger partial charge on any atom is 0.379 e. The number of ether oxygens (including phenoxy) is 1. The normalized spacial score (nSPS) is 10.4. The number of Topliss-reactive ketones (excluding diaryl/α,β-unsaturated/α-hetero) is 1. The van der Waals surface area contributed by atoms with Crippen molar-refractivity contribution in [1.29, 1.82) is 0 Å². The zero-order valence-corrected chi connectivity index (χ0v) is 11.7. The van der Waals surface area contributed by atoms with Crippen molar-refractivity contribution in [3.05, 3.63) is 33.8 Å². The summed E-state index contributed by atoms with van der Waals surface area (Å²) < 4.78 is 5.51. The minimum atomic E-state index is -0.809. The molecule has 0 aliphatic rings. The Kier molecular flexibility index (Phi) is 4.87. The van der Waals surface area contributed by atoms with Gasteiger partial charge in [-0.05, 0) is 24.5 Å². The molecule has 92 valence electrons. The molecule has 0 heterocycles. The highest BCUT2D eigenvalue weighted by molar-refractivity contribution is 9.10. The van der Waals surface area contributed by atoms with Crippen LogP contribution in [-0.4, -0.2) is 18.4 Å². The van der Waals surface area contributed by atoms with E-state index in [-0.39, 0.29) is 6.61 Å². The van der Waals surface area contributed by atoms with Gasteiger partial charge in [-0.1, -0.05) is 41.9 Å². The maximum absolute atomic E-state index is 11.7. The predicted octanol–water partition coefficient (Wildman–Crippen LogP) is 3.32. The minimum absolute atomic E-state index is 0.204. The van der Waals surface area contributed by atoms with Crippen LogP contribution in [0.5, 0.6) is 0 Å². The molecule has 0 fully saturated rings. The second-order valence-corrected chi connectivity index (χ2v) is 4.79. The molecule has 0 saturated heterocycles. The van der Waals surface area contributed by atoms with Crippen LogP contribution in [0.15, 0.2) is 22.7 Å². The fourth-order valence-corrected chi connectivity index (χ4v) is 2.29. The Bertz CT molecular complexity index is 438. The fraction of sp³-hybridized carbons (Fsp3) is 0.385. The first-order chi connectivity index (χ1) is 7.97. The van der Waals surface area contributed by atoms with Crippen LogP contribution in [0.1, 0.15) is 42.6 Å². The van der Waals surface area contributed by atoms with Crippen LogP contribution < -0.4 is 0 Å². The molecule has 0 aromatic heterocycles. The van der Waals surface area contributed by atoms with Crippen LogP contribution in [0.2, 0.25) is 0 Å². The van der Waals surface area contributed by atoms with Gasteiger partial charge in [0, 0.05) is 10.0 Å². The van der Waals surface area contributed by atoms with Gasteiger partial charge in [-0.2, -0.15) is 0 Å². The predicted molar refractivity (Wildman–Crippen MR) is 69.2 cm³/mol. The molecule has 0 saturated carbocycles. The Labute approximate surface area is 109 Å². The lowest BCUT2D eigenvalue weighted by atomic mass is 10.0. The first kappa shape index (κ1) is 13.9. The number of ketones is 1. The quantitative estimate of drug-likeness (QED) is 0.486. The van der Waals surface area contributed by atoms with Gasteiger partial charge < -0.3 is 4.74 Å². The van der Waals surface area contributed by atoms with Gasteiger partial charge >= 0.3 is 5.97 Å². The van der Waals surface area contributed by atoms with Gasteiger partial charge in [0.1, 0.15) is 0 Å². The molecule has 0 aliphatic heterocycles. The van der Waals surface area contributed by atoms with Gasteiger partial charge in [0.2, 0.25) is 0 Å². The Hall–Kier alpha value is -1.16. The Balaban J connectivity index is 2.98. The highest BCUT2D eigenvalue weighted by Crippen LogP contribution is 2.25. The summed E-state index contributed by atoms with van der Waals surface area (Å²) in [7, 11) is 0. The molecule has 0 atom stereocenters. The van der Waals surface area contributed by atoms with Gasteiger partial charge in [-0.15, -0.1) is 0 Å². The van der Waals surface area contributed by atoms with Crippen molar-refractivity contribution in [1.82, 2.24) is 0 Å². The topological polar surface area (TPSA) is 43.4 Å². The van der Waals surface area contributed by atoms with Crippen LogP contribution in [0.3, 0.4) is 0 Å². The van der Waals surface area contributed by atoms with Gasteiger partial charge in [0.25, 0.3) is 5.78 Å². The first-order valence-corrected chi connectivity index (χ1v) is 6.27. The third-order valence-corrected chi connectivity index (χ3v) is 3.03. The lowest BCUT2D eigenvalue weighted by Crippen LogP contribution is -2.17. The lowest BCUT2D eigenvalue weighted by Gasteiger charge is -2.09. The van der Waals surface area contributed by atoms with E-state index >= 15 is 0 Å². The van der Waals surface area contributed by atoms with Crippen molar-refractivity contribution < 1.29 is 14.3 Å². The summed E-state index contributed by atoms with van der Waals surface area (Å²) in [6, 6.07) is 5.16. The van der Waals surface area contributed by atoms with E-state index in [4.69, 9.17) is 0 Å². The van der Waals surface area contributed by atoms with Crippen LogP contribution in [0.4, 0.5) is 0 Å². The summed E-state index contributed by atoms with van der Waals surface area (Å²) in [4.78, 5) is 23.0. The molecule has 0 radical (unpaired) electrons. The number of hydrogen-bond donors (Lipinski definition) is 0. The lowest BCUT2D eigenvalue weighted by molar-refractivity contribution is -0.137. The molecule has 1 aromatic carbocycles. The number of esters is 1. The van der Waals surface area contributed by atoms with Crippen molar-refractivity contribution in [3.8, 4) is 0 Å². The van der Waals surface area contributed by atoms with E-state index in [0.717, 1.165) is 10.0 Å². The zero-order chi connectivity index (χ0) is 13.0. The van der Waals surface area contributed by atoms with E-state index in [1.807, 2.05) is 6.07 Å². The first-order valence-electron chi connectivity index (χ1n) is 5.48. The van der Waals surface area contributed by atoms with Gasteiger partial charge in [0.05, 0.1) is 6.61 Å². The van der Waals surface area contributed by atoms with E-state index < -0.39 is 11.8 Å². The Morgan fingerprint density at radius 1 is 1.35 bits per heavy atom. The summed E-state index contributed by atoms with van der Waals surface area (Å²) >= 11 is 3.40. The smallest absolute Gasteiger partial charge is 0.379 e. The number of benzene rings is 1. The van der Waals surface area contributed by atoms with Crippen LogP contribution >= 0.6 is 15.9 Å². The molecular weight excluding hydrogens is 284 g/mol. The van der Waals surface area contributed by atoms with Crippen molar-refractivity contribution in [2.24, 2.45) is 0 Å². The van der Waals surface area contributed by atoms with Crippen LogP contribution in [0, 0.1) is 0 Å². The van der Waals surface area contributed by atoms with Crippen molar-refractivity contribution >= 4 is 27.7 Å². The Morgan fingerprint density at radius 3 is 2.47 bits per heavy atom. The highest BCUT2D eigenvalue weighted by atomic mass is 79.9. The van der Waals surface area contributed by atoms with Crippen molar-refractivity contribution in [2.45, 2.75) is 26.7 Å². The number of carbonyl (C=O) groups is 2. The third kappa shape index (κ3) is 3.40. The molecule has 3 nitrogen and oxygen atoms in total. The number of rotatable bonds is 4. The second kappa shape index (κ2) is 5.96. The van der Waals surface area contributed by atoms with Gasteiger partial charge in [0.15, 0.2) is 0 Å². The number of carbonyl (C=O) groups excluding carboxylic acids is 2. The SMILES string of the molecule is CCOC(=O)C(=O)c1ccc(C(C)C)c(Br)c1. The molecule has 0 aliphatic carbocycles. The average Bonchev–Trinajstić information content (AvgIpc) is 2.27. The molecule has 1 aromatic rings. The summed E-state index contributed by atoms with van der Waals surface area (Å²) in [5, 5.41) is 0. The summed E-state index contributed by atoms with van der Waals surface area (Å²) in [5.74, 6) is -1.06. The molecule has 0 unspecified atom stereocenters. The van der Waals surface area contributed by atoms with E-state index in [9.17, 15) is 9.59 Å². The number of halogens is 1. The molecule has 0 amide bonds. The van der Waals surface area contributed by atoms with Crippen molar-refractivity contribution in [3.63, 3.8) is 0 Å². The van der Waals surface area contributed by atoms with Crippen LogP contribution in [-0.2, 0) is 9.53 Å². The molecule has 4 heteroatoms. The standard InChI is InChI=1S/C13H15BrO3/c1-4-17-13(16)12(15)9-5-6-10(8(2)3)11(14)7-9/h5-8H,4H2,1-3H3.